The minimum absolute atomic E-state index is 0.219. The van der Waals surface area contributed by atoms with E-state index in [0.717, 1.165) is 0 Å². The number of hydrogen-bond donors (Lipinski definition) is 1. The van der Waals surface area contributed by atoms with Gasteiger partial charge in [-0.25, -0.2) is 0 Å². The molecule has 3 heteroatoms. The molecule has 0 saturated heterocycles. The SMILES string of the molecule is CC(C)c1ccc(O)c(-c2ccno2)c1. The summed E-state index contributed by atoms with van der Waals surface area (Å²) in [7, 11) is 0. The van der Waals surface area contributed by atoms with Crippen LogP contribution in [0.2, 0.25) is 0 Å². The molecular weight excluding hydrogens is 190 g/mol. The van der Waals surface area contributed by atoms with E-state index >= 15 is 0 Å². The van der Waals surface area contributed by atoms with Crippen molar-refractivity contribution < 1.29 is 9.63 Å². The molecule has 0 spiro atoms. The third-order valence-corrected chi connectivity index (χ3v) is 2.39. The van der Waals surface area contributed by atoms with Crippen LogP contribution in [0.15, 0.2) is 35.0 Å². The second-order valence-electron chi connectivity index (χ2n) is 3.81. The standard InChI is InChI=1S/C12H13NO2/c1-8(2)9-3-4-11(14)10(7-9)12-5-6-13-15-12/h3-8,14H,1-2H3. The van der Waals surface area contributed by atoms with Crippen molar-refractivity contribution in [1.82, 2.24) is 5.16 Å². The van der Waals surface area contributed by atoms with Crippen molar-refractivity contribution in [3.05, 3.63) is 36.0 Å². The van der Waals surface area contributed by atoms with Crippen LogP contribution in [-0.4, -0.2) is 10.3 Å². The summed E-state index contributed by atoms with van der Waals surface area (Å²) in [6.07, 6.45) is 1.57. The Labute approximate surface area is 88.3 Å². The van der Waals surface area contributed by atoms with Gasteiger partial charge in [0.05, 0.1) is 11.8 Å². The van der Waals surface area contributed by atoms with Crippen LogP contribution in [0, 0.1) is 0 Å². The van der Waals surface area contributed by atoms with Gasteiger partial charge in [0.1, 0.15) is 5.75 Å². The number of phenolic OH excluding ortho intramolecular Hbond substituents is 1. The molecule has 0 aliphatic rings. The highest BCUT2D eigenvalue weighted by Crippen LogP contribution is 2.31. The molecule has 3 nitrogen and oxygen atoms in total. The fourth-order valence-corrected chi connectivity index (χ4v) is 1.46. The summed E-state index contributed by atoms with van der Waals surface area (Å²) in [4.78, 5) is 0. The summed E-state index contributed by atoms with van der Waals surface area (Å²) < 4.78 is 5.03. The van der Waals surface area contributed by atoms with Crippen LogP contribution >= 0.6 is 0 Å². The first-order valence-corrected chi connectivity index (χ1v) is 4.92. The number of nitrogens with zero attached hydrogens (tertiary/aromatic N) is 1. The molecule has 1 aromatic carbocycles. The first-order valence-electron chi connectivity index (χ1n) is 4.92. The van der Waals surface area contributed by atoms with Crippen LogP contribution in [-0.2, 0) is 0 Å². The van der Waals surface area contributed by atoms with Gasteiger partial charge in [0.2, 0.25) is 0 Å². The second-order valence-corrected chi connectivity index (χ2v) is 3.81. The van der Waals surface area contributed by atoms with Gasteiger partial charge < -0.3 is 9.63 Å². The molecular formula is C12H13NO2. The van der Waals surface area contributed by atoms with Gasteiger partial charge in [-0.2, -0.15) is 0 Å². The Kier molecular flexibility index (Phi) is 2.46. The number of phenols is 1. The number of hydrogen-bond acceptors (Lipinski definition) is 3. The highest BCUT2D eigenvalue weighted by Gasteiger charge is 2.10. The van der Waals surface area contributed by atoms with Crippen molar-refractivity contribution in [2.24, 2.45) is 0 Å². The van der Waals surface area contributed by atoms with E-state index in [1.807, 2.05) is 12.1 Å². The third-order valence-electron chi connectivity index (χ3n) is 2.39. The van der Waals surface area contributed by atoms with E-state index in [-0.39, 0.29) is 5.75 Å². The lowest BCUT2D eigenvalue weighted by atomic mass is 9.99. The van der Waals surface area contributed by atoms with Gasteiger partial charge in [0.15, 0.2) is 5.76 Å². The zero-order valence-corrected chi connectivity index (χ0v) is 8.77. The Hall–Kier alpha value is -1.77. The van der Waals surface area contributed by atoms with E-state index in [1.54, 1.807) is 18.3 Å². The van der Waals surface area contributed by atoms with Crippen molar-refractivity contribution >= 4 is 0 Å². The van der Waals surface area contributed by atoms with Gasteiger partial charge >= 0.3 is 0 Å². The Balaban J connectivity index is 2.51. The predicted octanol–water partition coefficient (Wildman–Crippen LogP) is 3.17. The Bertz CT molecular complexity index is 447. The third kappa shape index (κ3) is 1.86. The average molecular weight is 203 g/mol. The number of aromatic nitrogens is 1. The van der Waals surface area contributed by atoms with Gasteiger partial charge in [0, 0.05) is 6.07 Å². The summed E-state index contributed by atoms with van der Waals surface area (Å²) in [5.41, 5.74) is 1.86. The molecule has 0 aliphatic carbocycles. The maximum Gasteiger partial charge on any atom is 0.170 e. The quantitative estimate of drug-likeness (QED) is 0.815. The molecule has 0 saturated carbocycles. The molecule has 78 valence electrons. The maximum absolute atomic E-state index is 9.70. The fraction of sp³-hybridized carbons (Fsp3) is 0.250. The number of rotatable bonds is 2. The highest BCUT2D eigenvalue weighted by atomic mass is 16.5. The number of benzene rings is 1. The summed E-state index contributed by atoms with van der Waals surface area (Å²) in [6, 6.07) is 7.27. The minimum Gasteiger partial charge on any atom is -0.507 e. The van der Waals surface area contributed by atoms with Gasteiger partial charge in [-0.1, -0.05) is 25.1 Å². The Morgan fingerprint density at radius 3 is 2.67 bits per heavy atom. The van der Waals surface area contributed by atoms with Crippen LogP contribution in [0.25, 0.3) is 11.3 Å². The van der Waals surface area contributed by atoms with Crippen LogP contribution in [0.5, 0.6) is 5.75 Å². The summed E-state index contributed by atoms with van der Waals surface area (Å²) in [5, 5.41) is 13.3. The van der Waals surface area contributed by atoms with E-state index in [4.69, 9.17) is 4.52 Å². The molecule has 2 aromatic rings. The van der Waals surface area contributed by atoms with E-state index in [1.165, 1.54) is 5.56 Å². The van der Waals surface area contributed by atoms with Crippen molar-refractivity contribution in [2.45, 2.75) is 19.8 Å². The van der Waals surface area contributed by atoms with Crippen LogP contribution < -0.4 is 0 Å². The largest absolute Gasteiger partial charge is 0.507 e. The smallest absolute Gasteiger partial charge is 0.170 e. The molecule has 0 radical (unpaired) electrons. The molecule has 1 heterocycles. The summed E-state index contributed by atoms with van der Waals surface area (Å²) in [6.45, 7) is 4.22. The number of aromatic hydroxyl groups is 1. The Morgan fingerprint density at radius 1 is 1.27 bits per heavy atom. The zero-order valence-electron chi connectivity index (χ0n) is 8.77. The van der Waals surface area contributed by atoms with E-state index in [2.05, 4.69) is 19.0 Å². The van der Waals surface area contributed by atoms with Crippen molar-refractivity contribution in [3.63, 3.8) is 0 Å². The van der Waals surface area contributed by atoms with E-state index in [0.29, 0.717) is 17.2 Å². The molecule has 0 amide bonds. The van der Waals surface area contributed by atoms with Gasteiger partial charge in [-0.3, -0.25) is 0 Å². The highest BCUT2D eigenvalue weighted by molar-refractivity contribution is 5.66. The minimum atomic E-state index is 0.219. The maximum atomic E-state index is 9.70. The normalized spacial score (nSPS) is 10.9. The second kappa shape index (κ2) is 3.77. The first-order chi connectivity index (χ1) is 7.18. The Morgan fingerprint density at radius 2 is 2.07 bits per heavy atom. The predicted molar refractivity (Wildman–Crippen MR) is 57.7 cm³/mol. The molecule has 0 fully saturated rings. The lowest BCUT2D eigenvalue weighted by Crippen LogP contribution is -1.87. The van der Waals surface area contributed by atoms with Gasteiger partial charge in [0.25, 0.3) is 0 Å². The van der Waals surface area contributed by atoms with Gasteiger partial charge in [-0.05, 0) is 23.6 Å². The molecule has 2 rings (SSSR count). The van der Waals surface area contributed by atoms with Crippen molar-refractivity contribution in [3.8, 4) is 17.1 Å². The molecule has 1 N–H and O–H groups in total. The average Bonchev–Trinajstić information content (AvgIpc) is 2.71. The molecule has 1 aromatic heterocycles. The fourth-order valence-electron chi connectivity index (χ4n) is 1.46. The molecule has 0 aliphatic heterocycles. The molecule has 0 unspecified atom stereocenters. The summed E-state index contributed by atoms with van der Waals surface area (Å²) in [5.74, 6) is 1.23. The van der Waals surface area contributed by atoms with Crippen molar-refractivity contribution in [1.29, 1.82) is 0 Å². The topological polar surface area (TPSA) is 46.3 Å². The van der Waals surface area contributed by atoms with E-state index in [9.17, 15) is 5.11 Å². The van der Waals surface area contributed by atoms with Gasteiger partial charge in [-0.15, -0.1) is 0 Å². The molecule has 15 heavy (non-hydrogen) atoms. The first kappa shape index (κ1) is 9.77. The zero-order chi connectivity index (χ0) is 10.8. The van der Waals surface area contributed by atoms with Crippen LogP contribution in [0.4, 0.5) is 0 Å². The summed E-state index contributed by atoms with van der Waals surface area (Å²) >= 11 is 0. The monoisotopic (exact) mass is 203 g/mol. The van der Waals surface area contributed by atoms with Crippen LogP contribution in [0.1, 0.15) is 25.3 Å². The van der Waals surface area contributed by atoms with E-state index < -0.39 is 0 Å². The van der Waals surface area contributed by atoms with Crippen molar-refractivity contribution in [2.75, 3.05) is 0 Å². The molecule has 0 bridgehead atoms. The van der Waals surface area contributed by atoms with Crippen LogP contribution in [0.3, 0.4) is 0 Å². The molecule has 0 atom stereocenters. The lowest BCUT2D eigenvalue weighted by molar-refractivity contribution is 0.426. The lowest BCUT2D eigenvalue weighted by Gasteiger charge is -2.07.